The minimum atomic E-state index is -2.04. The van der Waals surface area contributed by atoms with E-state index in [9.17, 15) is 4.79 Å². The average Bonchev–Trinajstić information content (AvgIpc) is 3.19. The standard InChI is InChI=1S/C37H64O4Si2/c1-13-15-17-23-35(38)39-33-28-34(41-43(11,12)37(6,7)8)32(31(33)20-14-2)27-26-30(40-42(9,10)36(3,4)5)25-24-29-21-18-16-19-22-29/h13-14,16,18-19,21-22,30-34H,1-2,15,17,20,23-28H2,3-12H3/t30-,31+,32+,33-,34?/m0/s1. The fraction of sp³-hybridized carbons (Fsp3) is 0.703. The Hall–Kier alpha value is -1.48. The molecule has 0 aromatic heterocycles. The van der Waals surface area contributed by atoms with Crippen molar-refractivity contribution < 1.29 is 18.4 Å². The van der Waals surface area contributed by atoms with Gasteiger partial charge in [0.05, 0.1) is 6.10 Å². The highest BCUT2D eigenvalue weighted by Gasteiger charge is 2.49. The number of allylic oxidation sites excluding steroid dienone is 2. The van der Waals surface area contributed by atoms with Gasteiger partial charge < -0.3 is 13.6 Å². The van der Waals surface area contributed by atoms with Crippen molar-refractivity contribution >= 4 is 22.6 Å². The molecule has 0 amide bonds. The zero-order chi connectivity index (χ0) is 32.5. The summed E-state index contributed by atoms with van der Waals surface area (Å²) in [6.45, 7) is 31.2. The number of aryl methyl sites for hydroxylation is 1. The molecular weight excluding hydrogens is 565 g/mol. The molecule has 43 heavy (non-hydrogen) atoms. The van der Waals surface area contributed by atoms with Crippen LogP contribution in [0.25, 0.3) is 0 Å². The highest BCUT2D eigenvalue weighted by Crippen LogP contribution is 2.47. The molecule has 1 saturated carbocycles. The van der Waals surface area contributed by atoms with E-state index in [4.69, 9.17) is 13.6 Å². The largest absolute Gasteiger partial charge is 0.462 e. The maximum atomic E-state index is 12.9. The van der Waals surface area contributed by atoms with Crippen LogP contribution < -0.4 is 0 Å². The first-order chi connectivity index (χ1) is 19.9. The molecular formula is C37H64O4Si2. The second-order valence-electron chi connectivity index (χ2n) is 15.8. The lowest BCUT2D eigenvalue weighted by Gasteiger charge is -2.41. The van der Waals surface area contributed by atoms with E-state index in [0.717, 1.165) is 51.4 Å². The summed E-state index contributed by atoms with van der Waals surface area (Å²) >= 11 is 0. The molecule has 1 aromatic rings. The summed E-state index contributed by atoms with van der Waals surface area (Å²) in [4.78, 5) is 12.9. The Labute approximate surface area is 267 Å². The minimum absolute atomic E-state index is 0.0689. The zero-order valence-electron chi connectivity index (χ0n) is 29.3. The highest BCUT2D eigenvalue weighted by atomic mass is 28.4. The molecule has 5 atom stereocenters. The van der Waals surface area contributed by atoms with Crippen LogP contribution in [0.1, 0.15) is 98.5 Å². The number of carbonyl (C=O) groups is 1. The Morgan fingerprint density at radius 3 is 2.09 bits per heavy atom. The fourth-order valence-electron chi connectivity index (χ4n) is 5.70. The number of carbonyl (C=O) groups excluding carboxylic acids is 1. The third kappa shape index (κ3) is 11.4. The summed E-state index contributed by atoms with van der Waals surface area (Å²) in [5, 5.41) is 0.254. The second kappa shape index (κ2) is 16.2. The lowest BCUT2D eigenvalue weighted by Crippen LogP contribution is -2.45. The van der Waals surface area contributed by atoms with Crippen molar-refractivity contribution in [2.45, 2.75) is 154 Å². The van der Waals surface area contributed by atoms with E-state index in [2.05, 4.69) is 111 Å². The molecule has 1 unspecified atom stereocenters. The van der Waals surface area contributed by atoms with Gasteiger partial charge in [0.25, 0.3) is 0 Å². The number of benzene rings is 1. The van der Waals surface area contributed by atoms with Gasteiger partial charge in [0.15, 0.2) is 16.6 Å². The Balaban J connectivity index is 2.33. The first kappa shape index (κ1) is 37.7. The van der Waals surface area contributed by atoms with Gasteiger partial charge in [-0.2, -0.15) is 0 Å². The lowest BCUT2D eigenvalue weighted by molar-refractivity contribution is -0.151. The van der Waals surface area contributed by atoms with E-state index in [-0.39, 0.29) is 40.3 Å². The number of ether oxygens (including phenoxy) is 1. The zero-order valence-corrected chi connectivity index (χ0v) is 31.3. The molecule has 0 aliphatic heterocycles. The first-order valence-electron chi connectivity index (χ1n) is 16.7. The summed E-state index contributed by atoms with van der Waals surface area (Å²) in [5.74, 6) is 0.397. The van der Waals surface area contributed by atoms with Crippen LogP contribution in [0, 0.1) is 11.8 Å². The molecule has 1 aliphatic rings. The highest BCUT2D eigenvalue weighted by molar-refractivity contribution is 6.74. The molecule has 0 spiro atoms. The van der Waals surface area contributed by atoms with Gasteiger partial charge in [0.2, 0.25) is 0 Å². The van der Waals surface area contributed by atoms with Crippen LogP contribution >= 0.6 is 0 Å². The number of hydrogen-bond donors (Lipinski definition) is 0. The summed E-state index contributed by atoms with van der Waals surface area (Å²) in [7, 11) is -4.00. The van der Waals surface area contributed by atoms with E-state index < -0.39 is 16.6 Å². The number of esters is 1. The molecule has 2 rings (SSSR count). The van der Waals surface area contributed by atoms with Gasteiger partial charge in [0.1, 0.15) is 6.10 Å². The van der Waals surface area contributed by atoms with Crippen LogP contribution in [0.2, 0.25) is 36.3 Å². The number of rotatable bonds is 17. The molecule has 1 aliphatic carbocycles. The molecule has 1 fully saturated rings. The summed E-state index contributed by atoms with van der Waals surface area (Å²) in [6.07, 6.45) is 11.6. The number of unbranched alkanes of at least 4 members (excludes halogenated alkanes) is 1. The van der Waals surface area contributed by atoms with Crippen molar-refractivity contribution in [2.75, 3.05) is 0 Å². The maximum absolute atomic E-state index is 12.9. The maximum Gasteiger partial charge on any atom is 0.306 e. The summed E-state index contributed by atoms with van der Waals surface area (Å²) in [6, 6.07) is 10.8. The van der Waals surface area contributed by atoms with E-state index in [1.165, 1.54) is 5.56 Å². The second-order valence-corrected chi connectivity index (χ2v) is 25.3. The van der Waals surface area contributed by atoms with E-state index in [1.54, 1.807) is 0 Å². The molecule has 0 N–H and O–H groups in total. The van der Waals surface area contributed by atoms with E-state index in [0.29, 0.717) is 12.3 Å². The van der Waals surface area contributed by atoms with Gasteiger partial charge in [-0.25, -0.2) is 0 Å². The Morgan fingerprint density at radius 1 is 0.907 bits per heavy atom. The molecule has 244 valence electrons. The van der Waals surface area contributed by atoms with Gasteiger partial charge in [-0.1, -0.05) is 84.0 Å². The number of hydrogen-bond acceptors (Lipinski definition) is 4. The molecule has 0 bridgehead atoms. The smallest absolute Gasteiger partial charge is 0.306 e. The van der Waals surface area contributed by atoms with Gasteiger partial charge in [-0.05, 0) is 92.7 Å². The van der Waals surface area contributed by atoms with Crippen molar-refractivity contribution in [3.63, 3.8) is 0 Å². The molecule has 1 aromatic carbocycles. The Morgan fingerprint density at radius 2 is 1.53 bits per heavy atom. The third-order valence-electron chi connectivity index (χ3n) is 10.4. The molecule has 0 heterocycles. The van der Waals surface area contributed by atoms with Crippen LogP contribution in [0.3, 0.4) is 0 Å². The SMILES string of the molecule is C=CCCCC(=O)O[C@H]1CC(O[Si](C)(C)C(C)(C)C)[C@H](CC[C@H](CCc2ccccc2)O[Si](C)(C)C(C)(C)C)[C@H]1CC=C. The summed E-state index contributed by atoms with van der Waals surface area (Å²) < 4.78 is 20.5. The van der Waals surface area contributed by atoms with Gasteiger partial charge in [0, 0.05) is 24.9 Å². The van der Waals surface area contributed by atoms with Crippen molar-refractivity contribution in [3.8, 4) is 0 Å². The molecule has 0 saturated heterocycles. The molecule has 6 heteroatoms. The summed E-state index contributed by atoms with van der Waals surface area (Å²) in [5.41, 5.74) is 1.36. The Bertz CT molecular complexity index is 1010. The minimum Gasteiger partial charge on any atom is -0.462 e. The molecule has 4 nitrogen and oxygen atoms in total. The van der Waals surface area contributed by atoms with Crippen molar-refractivity contribution in [1.29, 1.82) is 0 Å². The van der Waals surface area contributed by atoms with Gasteiger partial charge in [-0.15, -0.1) is 13.2 Å². The first-order valence-corrected chi connectivity index (χ1v) is 22.5. The van der Waals surface area contributed by atoms with E-state index in [1.807, 2.05) is 12.2 Å². The normalized spacial score (nSPS) is 22.3. The van der Waals surface area contributed by atoms with Crippen molar-refractivity contribution in [3.05, 3.63) is 61.2 Å². The average molecular weight is 629 g/mol. The van der Waals surface area contributed by atoms with Crippen LogP contribution in [0.5, 0.6) is 0 Å². The van der Waals surface area contributed by atoms with Crippen LogP contribution in [-0.4, -0.2) is 40.9 Å². The quantitative estimate of drug-likeness (QED) is 0.0745. The molecule has 0 radical (unpaired) electrons. The van der Waals surface area contributed by atoms with Crippen LogP contribution in [0.15, 0.2) is 55.6 Å². The fourth-order valence-corrected chi connectivity index (χ4v) is 8.50. The van der Waals surface area contributed by atoms with Crippen molar-refractivity contribution in [2.24, 2.45) is 11.8 Å². The predicted molar refractivity (Wildman–Crippen MR) is 188 cm³/mol. The Kier molecular flexibility index (Phi) is 14.2. The van der Waals surface area contributed by atoms with Crippen LogP contribution in [-0.2, 0) is 24.8 Å². The van der Waals surface area contributed by atoms with E-state index >= 15 is 0 Å². The van der Waals surface area contributed by atoms with Crippen molar-refractivity contribution in [1.82, 2.24) is 0 Å². The van der Waals surface area contributed by atoms with Crippen LogP contribution in [0.4, 0.5) is 0 Å². The van der Waals surface area contributed by atoms with Gasteiger partial charge >= 0.3 is 5.97 Å². The third-order valence-corrected chi connectivity index (χ3v) is 19.5. The monoisotopic (exact) mass is 628 g/mol. The topological polar surface area (TPSA) is 44.8 Å². The van der Waals surface area contributed by atoms with Gasteiger partial charge in [-0.3, -0.25) is 4.79 Å². The lowest BCUT2D eigenvalue weighted by atomic mass is 9.85. The predicted octanol–water partition coefficient (Wildman–Crippen LogP) is 10.7.